The highest BCUT2D eigenvalue weighted by molar-refractivity contribution is 7.89. The van der Waals surface area contributed by atoms with Crippen molar-refractivity contribution < 1.29 is 27.5 Å². The quantitative estimate of drug-likeness (QED) is 0.613. The van der Waals surface area contributed by atoms with Gasteiger partial charge in [0.1, 0.15) is 10.9 Å². The van der Waals surface area contributed by atoms with Gasteiger partial charge in [-0.05, 0) is 30.9 Å². The van der Waals surface area contributed by atoms with Crippen LogP contribution in [0, 0.1) is 5.92 Å². The summed E-state index contributed by atoms with van der Waals surface area (Å²) in [5.74, 6) is -0.942. The molecule has 1 aliphatic heterocycles. The number of amides is 1. The first-order valence-corrected chi connectivity index (χ1v) is 10.2. The number of sulfonamides is 1. The van der Waals surface area contributed by atoms with Crippen molar-refractivity contribution >= 4 is 21.9 Å². The highest BCUT2D eigenvalue weighted by Gasteiger charge is 2.35. The third-order valence-electron chi connectivity index (χ3n) is 3.91. The predicted molar refractivity (Wildman–Crippen MR) is 95.9 cm³/mol. The van der Waals surface area contributed by atoms with Gasteiger partial charge in [-0.2, -0.15) is 4.72 Å². The van der Waals surface area contributed by atoms with Crippen LogP contribution in [0.3, 0.4) is 0 Å². The number of hydrogen-bond acceptors (Lipinski definition) is 7. The van der Waals surface area contributed by atoms with E-state index in [-0.39, 0.29) is 10.8 Å². The molecule has 1 aliphatic rings. The van der Waals surface area contributed by atoms with Gasteiger partial charge in [0.05, 0.1) is 12.6 Å². The van der Waals surface area contributed by atoms with Crippen LogP contribution in [-0.4, -0.2) is 50.3 Å². The Morgan fingerprint density at radius 1 is 1.41 bits per heavy atom. The van der Waals surface area contributed by atoms with Crippen molar-refractivity contribution in [1.29, 1.82) is 0 Å². The summed E-state index contributed by atoms with van der Waals surface area (Å²) in [6.07, 6.45) is 2.58. The zero-order chi connectivity index (χ0) is 20.0. The van der Waals surface area contributed by atoms with E-state index in [9.17, 15) is 18.0 Å². The molecule has 0 aliphatic carbocycles. The minimum atomic E-state index is -3.91. The van der Waals surface area contributed by atoms with Crippen LogP contribution in [0.4, 0.5) is 0 Å². The van der Waals surface area contributed by atoms with Crippen LogP contribution in [0.15, 0.2) is 29.4 Å². The fourth-order valence-electron chi connectivity index (χ4n) is 2.71. The van der Waals surface area contributed by atoms with Gasteiger partial charge in [0.25, 0.3) is 0 Å². The molecule has 27 heavy (non-hydrogen) atoms. The Bertz CT molecular complexity index is 753. The summed E-state index contributed by atoms with van der Waals surface area (Å²) < 4.78 is 37.9. The molecule has 1 saturated heterocycles. The zero-order valence-corrected chi connectivity index (χ0v) is 16.4. The van der Waals surface area contributed by atoms with Gasteiger partial charge in [0, 0.05) is 19.3 Å². The van der Waals surface area contributed by atoms with Crippen LogP contribution in [0.5, 0.6) is 0 Å². The van der Waals surface area contributed by atoms with Crippen LogP contribution >= 0.6 is 0 Å². The Balaban J connectivity index is 2.11. The third-order valence-corrected chi connectivity index (χ3v) is 5.37. The number of ether oxygens (including phenoxy) is 2. The summed E-state index contributed by atoms with van der Waals surface area (Å²) in [5, 5.41) is 2.73. The summed E-state index contributed by atoms with van der Waals surface area (Å²) in [6, 6.07) is 1.40. The second-order valence-electron chi connectivity index (χ2n) is 6.74. The van der Waals surface area contributed by atoms with E-state index in [1.165, 1.54) is 31.5 Å². The normalized spacial score (nSPS) is 21.0. The second-order valence-corrected chi connectivity index (χ2v) is 8.46. The van der Waals surface area contributed by atoms with Crippen molar-refractivity contribution in [2.75, 3.05) is 6.61 Å². The minimum Gasteiger partial charge on any atom is -0.434 e. The molecule has 0 saturated carbocycles. The van der Waals surface area contributed by atoms with Gasteiger partial charge in [-0.3, -0.25) is 14.6 Å². The molecule has 10 heteroatoms. The molecule has 0 bridgehead atoms. The molecule has 2 N–H and O–H groups in total. The Morgan fingerprint density at radius 2 is 2.15 bits per heavy atom. The zero-order valence-electron chi connectivity index (χ0n) is 15.5. The lowest BCUT2D eigenvalue weighted by molar-refractivity contribution is -0.170. The first-order chi connectivity index (χ1) is 12.7. The van der Waals surface area contributed by atoms with Crippen molar-refractivity contribution in [3.8, 4) is 0 Å². The number of nitrogens with zero attached hydrogens (tertiary/aromatic N) is 1. The molecule has 0 unspecified atom stereocenters. The number of carbonyl (C=O) groups is 2. The van der Waals surface area contributed by atoms with Crippen molar-refractivity contribution in [2.24, 2.45) is 5.92 Å². The molecule has 1 fully saturated rings. The average Bonchev–Trinajstić information content (AvgIpc) is 3.00. The lowest BCUT2D eigenvalue weighted by Crippen LogP contribution is -2.52. The number of pyridine rings is 1. The van der Waals surface area contributed by atoms with Gasteiger partial charge in [-0.25, -0.2) is 8.42 Å². The summed E-state index contributed by atoms with van der Waals surface area (Å²) in [4.78, 5) is 27.6. The number of carbonyl (C=O) groups excluding carboxylic acids is 2. The first kappa shape index (κ1) is 21.3. The van der Waals surface area contributed by atoms with Gasteiger partial charge in [0.2, 0.25) is 22.2 Å². The van der Waals surface area contributed by atoms with E-state index in [0.29, 0.717) is 19.4 Å². The maximum absolute atomic E-state index is 12.7. The molecule has 1 amide bonds. The van der Waals surface area contributed by atoms with Crippen LogP contribution in [0.25, 0.3) is 0 Å². The highest BCUT2D eigenvalue weighted by atomic mass is 32.2. The Labute approximate surface area is 158 Å². The summed E-state index contributed by atoms with van der Waals surface area (Å²) >= 11 is 0. The van der Waals surface area contributed by atoms with E-state index >= 15 is 0 Å². The Morgan fingerprint density at radius 3 is 2.74 bits per heavy atom. The van der Waals surface area contributed by atoms with Gasteiger partial charge >= 0.3 is 5.97 Å². The molecule has 150 valence electrons. The average molecular weight is 399 g/mol. The van der Waals surface area contributed by atoms with Gasteiger partial charge in [-0.15, -0.1) is 0 Å². The molecule has 0 radical (unpaired) electrons. The largest absolute Gasteiger partial charge is 0.434 e. The maximum atomic E-state index is 12.7. The monoisotopic (exact) mass is 399 g/mol. The maximum Gasteiger partial charge on any atom is 0.305 e. The molecule has 3 atom stereocenters. The van der Waals surface area contributed by atoms with Gasteiger partial charge in [-0.1, -0.05) is 13.8 Å². The van der Waals surface area contributed by atoms with E-state index < -0.39 is 40.3 Å². The summed E-state index contributed by atoms with van der Waals surface area (Å²) in [6.45, 7) is 5.36. The smallest absolute Gasteiger partial charge is 0.305 e. The molecule has 1 aromatic rings. The Hall–Kier alpha value is -2.04. The molecule has 0 aromatic carbocycles. The highest BCUT2D eigenvalue weighted by Crippen LogP contribution is 2.17. The molecule has 0 spiro atoms. The van der Waals surface area contributed by atoms with Crippen molar-refractivity contribution in [3.63, 3.8) is 0 Å². The number of hydrogen-bond donors (Lipinski definition) is 2. The van der Waals surface area contributed by atoms with Crippen molar-refractivity contribution in [3.05, 3.63) is 24.5 Å². The molecule has 1 aromatic heterocycles. The predicted octanol–water partition coefficient (Wildman–Crippen LogP) is 0.569. The van der Waals surface area contributed by atoms with Crippen LogP contribution < -0.4 is 10.0 Å². The standard InChI is InChI=1S/C17H25N3O6S/c1-11(2)9-15(20-27(23,24)13-5-4-7-18-10-13)16(22)19-14-6-8-25-17(14)26-12(3)21/h4-5,7,10-11,14-15,17,20H,6,8-9H2,1-3H3,(H,19,22)/t14-,15-,17-/m0/s1. The van der Waals surface area contributed by atoms with Crippen LogP contribution in [-0.2, 0) is 29.1 Å². The molecule has 2 heterocycles. The van der Waals surface area contributed by atoms with E-state index in [2.05, 4.69) is 15.0 Å². The van der Waals surface area contributed by atoms with E-state index in [1.54, 1.807) is 0 Å². The summed E-state index contributed by atoms with van der Waals surface area (Å²) in [5.41, 5.74) is 0. The second kappa shape index (κ2) is 9.25. The lowest BCUT2D eigenvalue weighted by Gasteiger charge is -2.24. The lowest BCUT2D eigenvalue weighted by atomic mass is 10.0. The first-order valence-electron chi connectivity index (χ1n) is 8.70. The van der Waals surface area contributed by atoms with Gasteiger partial charge < -0.3 is 14.8 Å². The molecule has 2 rings (SSSR count). The minimum absolute atomic E-state index is 0.0199. The van der Waals surface area contributed by atoms with Gasteiger partial charge in [0.15, 0.2) is 0 Å². The summed E-state index contributed by atoms with van der Waals surface area (Å²) in [7, 11) is -3.91. The van der Waals surface area contributed by atoms with Crippen LogP contribution in [0.2, 0.25) is 0 Å². The fourth-order valence-corrected chi connectivity index (χ4v) is 3.88. The fraction of sp³-hybridized carbons (Fsp3) is 0.588. The number of rotatable bonds is 8. The Kier molecular flexibility index (Phi) is 7.28. The third kappa shape index (κ3) is 6.26. The van der Waals surface area contributed by atoms with Crippen molar-refractivity contribution in [2.45, 2.75) is 56.9 Å². The molecule has 9 nitrogen and oxygen atoms in total. The van der Waals surface area contributed by atoms with E-state index in [0.717, 1.165) is 0 Å². The topological polar surface area (TPSA) is 124 Å². The number of esters is 1. The SMILES string of the molecule is CC(=O)O[C@@H]1OCC[C@@H]1NC(=O)[C@H](CC(C)C)NS(=O)(=O)c1cccnc1. The van der Waals surface area contributed by atoms with E-state index in [1.807, 2.05) is 13.8 Å². The van der Waals surface area contributed by atoms with Crippen LogP contribution in [0.1, 0.15) is 33.6 Å². The molecular formula is C17H25N3O6S. The number of aromatic nitrogens is 1. The molecular weight excluding hydrogens is 374 g/mol. The van der Waals surface area contributed by atoms with Crippen molar-refractivity contribution in [1.82, 2.24) is 15.0 Å². The number of nitrogens with one attached hydrogen (secondary N) is 2. The van der Waals surface area contributed by atoms with E-state index in [4.69, 9.17) is 9.47 Å².